The zero-order valence-corrected chi connectivity index (χ0v) is 15.4. The van der Waals surface area contributed by atoms with Crippen LogP contribution in [0.5, 0.6) is 0 Å². The van der Waals surface area contributed by atoms with E-state index in [0.717, 1.165) is 10.9 Å². The summed E-state index contributed by atoms with van der Waals surface area (Å²) in [6.07, 6.45) is -1.34. The van der Waals surface area contributed by atoms with Gasteiger partial charge >= 0.3 is 6.18 Å². The highest BCUT2D eigenvalue weighted by molar-refractivity contribution is 7.92. The van der Waals surface area contributed by atoms with Crippen molar-refractivity contribution in [1.29, 1.82) is 0 Å². The topological polar surface area (TPSA) is 101 Å². The van der Waals surface area contributed by atoms with Gasteiger partial charge in [-0.05, 0) is 24.3 Å². The lowest BCUT2D eigenvalue weighted by Crippen LogP contribution is -2.27. The summed E-state index contributed by atoms with van der Waals surface area (Å²) in [5.74, 6) is -1.97. The summed E-state index contributed by atoms with van der Waals surface area (Å²) in [6.45, 7) is 0. The van der Waals surface area contributed by atoms with E-state index in [1.807, 2.05) is 18.2 Å². The van der Waals surface area contributed by atoms with Gasteiger partial charge in [0.15, 0.2) is 5.03 Å². The summed E-state index contributed by atoms with van der Waals surface area (Å²) in [5, 5.41) is 3.88. The van der Waals surface area contributed by atoms with Gasteiger partial charge in [-0.3, -0.25) is 9.78 Å². The van der Waals surface area contributed by atoms with Crippen LogP contribution in [0.2, 0.25) is 0 Å². The predicted octanol–water partition coefficient (Wildman–Crippen LogP) is 2.57. The maximum absolute atomic E-state index is 12.5. The van der Waals surface area contributed by atoms with Crippen molar-refractivity contribution < 1.29 is 26.4 Å². The van der Waals surface area contributed by atoms with E-state index >= 15 is 0 Å². The first-order valence-electron chi connectivity index (χ1n) is 8.08. The van der Waals surface area contributed by atoms with Gasteiger partial charge in [0.2, 0.25) is 9.84 Å². The first-order valence-corrected chi connectivity index (χ1v) is 9.74. The van der Waals surface area contributed by atoms with E-state index in [1.165, 1.54) is 6.21 Å². The molecule has 11 heteroatoms. The average molecular weight is 422 g/mol. The maximum atomic E-state index is 12.5. The molecule has 0 radical (unpaired) electrons. The van der Waals surface area contributed by atoms with Crippen LogP contribution in [0, 0.1) is 0 Å². The Kier molecular flexibility index (Phi) is 5.59. The summed E-state index contributed by atoms with van der Waals surface area (Å²) < 4.78 is 61.9. The number of fused-ring (bicyclic) bond motifs is 1. The van der Waals surface area contributed by atoms with Crippen LogP contribution in [0.3, 0.4) is 0 Å². The van der Waals surface area contributed by atoms with Gasteiger partial charge in [-0.2, -0.15) is 18.3 Å². The SMILES string of the molecule is O=C(CS(=O)(=O)c1ccc(C(F)(F)F)cn1)N/N=C/c1ccnc2ccccc12. The fourth-order valence-corrected chi connectivity index (χ4v) is 3.46. The summed E-state index contributed by atoms with van der Waals surface area (Å²) in [5.41, 5.74) is 2.37. The molecule has 1 aromatic carbocycles. The zero-order valence-electron chi connectivity index (χ0n) is 14.6. The highest BCUT2D eigenvalue weighted by Crippen LogP contribution is 2.28. The minimum Gasteiger partial charge on any atom is -0.272 e. The number of nitrogens with one attached hydrogen (secondary N) is 1. The van der Waals surface area contributed by atoms with Crippen molar-refractivity contribution in [1.82, 2.24) is 15.4 Å². The van der Waals surface area contributed by atoms with E-state index in [2.05, 4.69) is 20.5 Å². The lowest BCUT2D eigenvalue weighted by molar-refractivity contribution is -0.137. The Morgan fingerprint density at radius 1 is 1.10 bits per heavy atom. The summed E-state index contributed by atoms with van der Waals surface area (Å²) >= 11 is 0. The number of sulfone groups is 1. The van der Waals surface area contributed by atoms with Crippen molar-refractivity contribution in [3.05, 3.63) is 66.0 Å². The van der Waals surface area contributed by atoms with Crippen molar-refractivity contribution >= 4 is 32.9 Å². The minimum absolute atomic E-state index is 0.400. The predicted molar refractivity (Wildman–Crippen MR) is 98.8 cm³/mol. The number of pyridine rings is 2. The Hall–Kier alpha value is -3.34. The normalized spacial score (nSPS) is 12.4. The van der Waals surface area contributed by atoms with Crippen LogP contribution in [-0.2, 0) is 20.8 Å². The first-order chi connectivity index (χ1) is 13.7. The zero-order chi connectivity index (χ0) is 21.1. The molecule has 2 heterocycles. The number of carbonyl (C=O) groups is 1. The molecule has 0 atom stereocenters. The molecule has 0 saturated heterocycles. The molecule has 3 aromatic rings. The van der Waals surface area contributed by atoms with Gasteiger partial charge in [-0.1, -0.05) is 18.2 Å². The molecular weight excluding hydrogens is 409 g/mol. The van der Waals surface area contributed by atoms with Crippen molar-refractivity contribution in [3.63, 3.8) is 0 Å². The Morgan fingerprint density at radius 2 is 1.86 bits per heavy atom. The maximum Gasteiger partial charge on any atom is 0.417 e. The second-order valence-corrected chi connectivity index (χ2v) is 7.79. The lowest BCUT2D eigenvalue weighted by Gasteiger charge is -2.07. The van der Waals surface area contributed by atoms with Crippen LogP contribution < -0.4 is 5.43 Å². The monoisotopic (exact) mass is 422 g/mol. The number of benzene rings is 1. The minimum atomic E-state index is -4.64. The Morgan fingerprint density at radius 3 is 2.55 bits per heavy atom. The third-order valence-corrected chi connectivity index (χ3v) is 5.30. The number of hydrogen-bond acceptors (Lipinski definition) is 6. The molecule has 0 unspecified atom stereocenters. The van der Waals surface area contributed by atoms with Gasteiger partial charge in [-0.15, -0.1) is 0 Å². The van der Waals surface area contributed by atoms with Crippen LogP contribution >= 0.6 is 0 Å². The number of aromatic nitrogens is 2. The number of nitrogens with zero attached hydrogens (tertiary/aromatic N) is 3. The number of hydrazone groups is 1. The summed E-state index contributed by atoms with van der Waals surface area (Å²) in [6, 6.07) is 10.2. The van der Waals surface area contributed by atoms with Crippen molar-refractivity contribution in [2.75, 3.05) is 5.75 Å². The number of amides is 1. The highest BCUT2D eigenvalue weighted by atomic mass is 32.2. The van der Waals surface area contributed by atoms with E-state index in [9.17, 15) is 26.4 Å². The molecular formula is C18H13F3N4O3S. The van der Waals surface area contributed by atoms with E-state index in [-0.39, 0.29) is 0 Å². The molecule has 0 aliphatic rings. The Labute approximate surface area is 163 Å². The quantitative estimate of drug-likeness (QED) is 0.503. The van der Waals surface area contributed by atoms with Gasteiger partial charge < -0.3 is 0 Å². The van der Waals surface area contributed by atoms with Crippen molar-refractivity contribution in [2.24, 2.45) is 5.10 Å². The number of hydrogen-bond donors (Lipinski definition) is 1. The summed E-state index contributed by atoms with van der Waals surface area (Å²) in [7, 11) is -4.23. The molecule has 1 amide bonds. The number of halogens is 3. The third kappa shape index (κ3) is 4.93. The van der Waals surface area contributed by atoms with Gasteiger partial charge in [0, 0.05) is 23.3 Å². The lowest BCUT2D eigenvalue weighted by atomic mass is 10.1. The van der Waals surface area contributed by atoms with Gasteiger partial charge in [0.1, 0.15) is 5.75 Å². The van der Waals surface area contributed by atoms with E-state index in [0.29, 0.717) is 23.9 Å². The van der Waals surface area contributed by atoms with Crippen LogP contribution in [0.4, 0.5) is 13.2 Å². The molecule has 0 spiro atoms. The van der Waals surface area contributed by atoms with Crippen LogP contribution in [0.25, 0.3) is 10.9 Å². The molecule has 3 rings (SSSR count). The summed E-state index contributed by atoms with van der Waals surface area (Å²) in [4.78, 5) is 19.4. The number of carbonyl (C=O) groups excluding carboxylic acids is 1. The number of para-hydroxylation sites is 1. The van der Waals surface area contributed by atoms with Crippen LogP contribution in [-0.4, -0.2) is 36.3 Å². The Bertz CT molecular complexity index is 1170. The molecule has 29 heavy (non-hydrogen) atoms. The highest BCUT2D eigenvalue weighted by Gasteiger charge is 2.31. The molecule has 2 aromatic heterocycles. The molecule has 0 bridgehead atoms. The molecule has 0 aliphatic heterocycles. The largest absolute Gasteiger partial charge is 0.417 e. The van der Waals surface area contributed by atoms with Crippen LogP contribution in [0.15, 0.2) is 65.0 Å². The molecule has 1 N–H and O–H groups in total. The van der Waals surface area contributed by atoms with Gasteiger partial charge in [0.05, 0.1) is 17.3 Å². The van der Waals surface area contributed by atoms with E-state index < -0.39 is 38.3 Å². The second kappa shape index (κ2) is 7.95. The van der Waals surface area contributed by atoms with Gasteiger partial charge in [0.25, 0.3) is 5.91 Å². The van der Waals surface area contributed by atoms with E-state index in [1.54, 1.807) is 18.3 Å². The number of alkyl halides is 3. The standard InChI is InChI=1S/C18H13F3N4O3S/c19-18(20,21)13-5-6-17(23-10-13)29(27,28)11-16(26)25-24-9-12-7-8-22-15-4-2-1-3-14(12)15/h1-10H,11H2,(H,25,26)/b24-9+. The molecule has 150 valence electrons. The average Bonchev–Trinajstić information content (AvgIpc) is 2.67. The Balaban J connectivity index is 1.67. The number of rotatable bonds is 5. The second-order valence-electron chi connectivity index (χ2n) is 5.85. The molecule has 0 saturated carbocycles. The van der Waals surface area contributed by atoms with Crippen LogP contribution in [0.1, 0.15) is 11.1 Å². The first kappa shape index (κ1) is 20.4. The molecule has 0 aliphatic carbocycles. The third-order valence-electron chi connectivity index (χ3n) is 3.78. The fraction of sp³-hybridized carbons (Fsp3) is 0.111. The molecule has 7 nitrogen and oxygen atoms in total. The van der Waals surface area contributed by atoms with Crippen molar-refractivity contribution in [3.8, 4) is 0 Å². The van der Waals surface area contributed by atoms with Gasteiger partial charge in [-0.25, -0.2) is 18.8 Å². The fourth-order valence-electron chi connectivity index (χ4n) is 2.42. The molecule has 0 fully saturated rings. The van der Waals surface area contributed by atoms with E-state index in [4.69, 9.17) is 0 Å². The van der Waals surface area contributed by atoms with Crippen molar-refractivity contribution in [2.45, 2.75) is 11.2 Å². The smallest absolute Gasteiger partial charge is 0.272 e.